The van der Waals surface area contributed by atoms with Crippen molar-refractivity contribution in [1.29, 1.82) is 0 Å². The number of hydrogen-bond donors (Lipinski definition) is 1. The second kappa shape index (κ2) is 9.65. The summed E-state index contributed by atoms with van der Waals surface area (Å²) in [6, 6.07) is 8.30. The number of hydrogen-bond acceptors (Lipinski definition) is 5. The molecule has 142 valence electrons. The van der Waals surface area contributed by atoms with Crippen LogP contribution >= 0.6 is 0 Å². The first-order valence-electron chi connectivity index (χ1n) is 8.64. The smallest absolute Gasteiger partial charge is 0.409 e. The van der Waals surface area contributed by atoms with Crippen LogP contribution in [0.15, 0.2) is 30.3 Å². The second-order valence-electron chi connectivity index (χ2n) is 5.89. The highest BCUT2D eigenvalue weighted by atomic mass is 16.6. The molecule has 26 heavy (non-hydrogen) atoms. The van der Waals surface area contributed by atoms with Gasteiger partial charge in [0.1, 0.15) is 6.04 Å². The van der Waals surface area contributed by atoms with E-state index in [2.05, 4.69) is 5.32 Å². The fourth-order valence-electron chi connectivity index (χ4n) is 2.73. The van der Waals surface area contributed by atoms with E-state index < -0.39 is 12.0 Å². The van der Waals surface area contributed by atoms with Gasteiger partial charge in [0.2, 0.25) is 0 Å². The Kier molecular flexibility index (Phi) is 7.25. The molecule has 1 aliphatic heterocycles. The normalized spacial score (nSPS) is 15.2. The number of methoxy groups -OCH3 is 1. The molecule has 0 aromatic heterocycles. The number of rotatable bonds is 5. The molecular formula is C18H25N3O5. The summed E-state index contributed by atoms with van der Waals surface area (Å²) >= 11 is 0. The van der Waals surface area contributed by atoms with Crippen molar-refractivity contribution in [3.8, 4) is 0 Å². The van der Waals surface area contributed by atoms with Gasteiger partial charge in [0, 0.05) is 32.6 Å². The summed E-state index contributed by atoms with van der Waals surface area (Å²) in [5.41, 5.74) is 0.926. The molecule has 1 aromatic rings. The van der Waals surface area contributed by atoms with E-state index in [0.29, 0.717) is 39.2 Å². The van der Waals surface area contributed by atoms with Gasteiger partial charge in [-0.2, -0.15) is 0 Å². The van der Waals surface area contributed by atoms with E-state index in [-0.39, 0.29) is 12.1 Å². The van der Waals surface area contributed by atoms with Crippen molar-refractivity contribution in [2.75, 3.05) is 39.9 Å². The molecule has 0 radical (unpaired) electrons. The molecule has 8 nitrogen and oxygen atoms in total. The second-order valence-corrected chi connectivity index (χ2v) is 5.89. The molecule has 3 amide bonds. The predicted molar refractivity (Wildman–Crippen MR) is 94.6 cm³/mol. The van der Waals surface area contributed by atoms with Gasteiger partial charge < -0.3 is 24.6 Å². The summed E-state index contributed by atoms with van der Waals surface area (Å²) in [6.45, 7) is 3.62. The van der Waals surface area contributed by atoms with Crippen LogP contribution in [0.1, 0.15) is 12.5 Å². The van der Waals surface area contributed by atoms with Crippen molar-refractivity contribution in [3.63, 3.8) is 0 Å². The topological polar surface area (TPSA) is 88.2 Å². The van der Waals surface area contributed by atoms with Crippen LogP contribution in [-0.4, -0.2) is 73.8 Å². The number of carbonyl (C=O) groups excluding carboxylic acids is 3. The quantitative estimate of drug-likeness (QED) is 0.796. The van der Waals surface area contributed by atoms with Crippen LogP contribution in [0, 0.1) is 0 Å². The molecule has 0 saturated carbocycles. The average Bonchev–Trinajstić information content (AvgIpc) is 2.68. The molecule has 0 aliphatic carbocycles. The molecule has 0 bridgehead atoms. The summed E-state index contributed by atoms with van der Waals surface area (Å²) in [7, 11) is 1.30. The van der Waals surface area contributed by atoms with Gasteiger partial charge in [-0.05, 0) is 12.5 Å². The number of piperazine rings is 1. The lowest BCUT2D eigenvalue weighted by Gasteiger charge is -2.34. The highest BCUT2D eigenvalue weighted by Gasteiger charge is 2.28. The third-order valence-corrected chi connectivity index (χ3v) is 4.16. The Bertz CT molecular complexity index is 615. The van der Waals surface area contributed by atoms with Gasteiger partial charge in [0.25, 0.3) is 0 Å². The molecule has 1 fully saturated rings. The third kappa shape index (κ3) is 5.37. The van der Waals surface area contributed by atoms with E-state index in [0.717, 1.165) is 5.56 Å². The van der Waals surface area contributed by atoms with E-state index in [9.17, 15) is 14.4 Å². The maximum Gasteiger partial charge on any atom is 0.409 e. The predicted octanol–water partition coefficient (Wildman–Crippen LogP) is 1.25. The summed E-state index contributed by atoms with van der Waals surface area (Å²) in [5, 5.41) is 2.73. The van der Waals surface area contributed by atoms with Crippen molar-refractivity contribution in [3.05, 3.63) is 35.9 Å². The minimum Gasteiger partial charge on any atom is -0.467 e. The minimum atomic E-state index is -0.766. The Morgan fingerprint density at radius 1 is 1.08 bits per heavy atom. The van der Waals surface area contributed by atoms with Crippen molar-refractivity contribution >= 4 is 18.1 Å². The number of ether oxygens (including phenoxy) is 2. The summed E-state index contributed by atoms with van der Waals surface area (Å²) in [6.07, 6.45) is -0.0220. The van der Waals surface area contributed by atoms with Crippen LogP contribution in [-0.2, 0) is 20.7 Å². The molecule has 1 heterocycles. The van der Waals surface area contributed by atoms with E-state index in [1.54, 1.807) is 16.7 Å². The lowest BCUT2D eigenvalue weighted by Crippen LogP contribution is -2.56. The van der Waals surface area contributed by atoms with Crippen molar-refractivity contribution in [1.82, 2.24) is 15.1 Å². The fraction of sp³-hybridized carbons (Fsp3) is 0.500. The zero-order valence-electron chi connectivity index (χ0n) is 15.1. The monoisotopic (exact) mass is 363 g/mol. The first kappa shape index (κ1) is 19.6. The Morgan fingerprint density at radius 3 is 2.27 bits per heavy atom. The molecule has 1 atom stereocenters. The number of carbonyl (C=O) groups is 3. The Hall–Kier alpha value is -2.77. The molecule has 1 aliphatic rings. The van der Waals surface area contributed by atoms with Gasteiger partial charge in [0.15, 0.2) is 0 Å². The molecule has 1 saturated heterocycles. The van der Waals surface area contributed by atoms with Gasteiger partial charge in [-0.15, -0.1) is 0 Å². The number of urea groups is 1. The van der Waals surface area contributed by atoms with Crippen molar-refractivity contribution in [2.24, 2.45) is 0 Å². The first-order chi connectivity index (χ1) is 12.5. The summed E-state index contributed by atoms with van der Waals surface area (Å²) in [5.74, 6) is -0.493. The van der Waals surface area contributed by atoms with Crippen molar-refractivity contribution < 1.29 is 23.9 Å². The van der Waals surface area contributed by atoms with Gasteiger partial charge in [-0.1, -0.05) is 30.3 Å². The molecule has 1 N–H and O–H groups in total. The van der Waals surface area contributed by atoms with Crippen LogP contribution in [0.3, 0.4) is 0 Å². The molecular weight excluding hydrogens is 338 g/mol. The van der Waals surface area contributed by atoms with Gasteiger partial charge in [-0.25, -0.2) is 14.4 Å². The van der Waals surface area contributed by atoms with Crippen molar-refractivity contribution in [2.45, 2.75) is 19.4 Å². The van der Waals surface area contributed by atoms with Crippen LogP contribution in [0.4, 0.5) is 9.59 Å². The standard InChI is InChI=1S/C18H25N3O5/c1-3-26-18(24)21-11-9-20(10-12-21)17(23)19-15(16(22)25-2)13-14-7-5-4-6-8-14/h4-8,15H,3,9-13H2,1-2H3,(H,19,23). The van der Waals surface area contributed by atoms with Crippen LogP contribution < -0.4 is 5.32 Å². The SMILES string of the molecule is CCOC(=O)N1CCN(C(=O)NC(Cc2ccccc2)C(=O)OC)CC1. The van der Waals surface area contributed by atoms with E-state index in [1.807, 2.05) is 30.3 Å². The fourth-order valence-corrected chi connectivity index (χ4v) is 2.73. The number of esters is 1. The van der Waals surface area contributed by atoms with E-state index in [1.165, 1.54) is 7.11 Å². The number of nitrogens with one attached hydrogen (secondary N) is 1. The van der Waals surface area contributed by atoms with Crippen LogP contribution in [0.2, 0.25) is 0 Å². The zero-order valence-corrected chi connectivity index (χ0v) is 15.1. The molecule has 1 aromatic carbocycles. The third-order valence-electron chi connectivity index (χ3n) is 4.16. The maximum absolute atomic E-state index is 12.5. The lowest BCUT2D eigenvalue weighted by atomic mass is 10.1. The Labute approximate surface area is 153 Å². The Morgan fingerprint density at radius 2 is 1.69 bits per heavy atom. The first-order valence-corrected chi connectivity index (χ1v) is 8.64. The largest absolute Gasteiger partial charge is 0.467 e. The summed E-state index contributed by atoms with van der Waals surface area (Å²) < 4.78 is 9.77. The number of amides is 3. The van der Waals surface area contributed by atoms with Gasteiger partial charge in [-0.3, -0.25) is 0 Å². The average molecular weight is 363 g/mol. The zero-order chi connectivity index (χ0) is 18.9. The molecule has 2 rings (SSSR count). The van der Waals surface area contributed by atoms with E-state index in [4.69, 9.17) is 9.47 Å². The molecule has 0 spiro atoms. The van der Waals surface area contributed by atoms with Gasteiger partial charge in [0.05, 0.1) is 13.7 Å². The number of benzene rings is 1. The molecule has 8 heteroatoms. The molecule has 1 unspecified atom stereocenters. The Balaban J connectivity index is 1.91. The highest BCUT2D eigenvalue weighted by molar-refractivity contribution is 5.84. The minimum absolute atomic E-state index is 0.319. The highest BCUT2D eigenvalue weighted by Crippen LogP contribution is 2.08. The summed E-state index contributed by atoms with van der Waals surface area (Å²) in [4.78, 5) is 39.4. The van der Waals surface area contributed by atoms with Gasteiger partial charge >= 0.3 is 18.1 Å². The van der Waals surface area contributed by atoms with Crippen LogP contribution in [0.5, 0.6) is 0 Å². The lowest BCUT2D eigenvalue weighted by molar-refractivity contribution is -0.142. The van der Waals surface area contributed by atoms with E-state index >= 15 is 0 Å². The maximum atomic E-state index is 12.5. The number of nitrogens with zero attached hydrogens (tertiary/aromatic N) is 2. The van der Waals surface area contributed by atoms with Crippen LogP contribution in [0.25, 0.3) is 0 Å².